The van der Waals surface area contributed by atoms with Gasteiger partial charge in [-0.05, 0) is 43.9 Å². The molecule has 0 saturated carbocycles. The second-order valence-electron chi connectivity index (χ2n) is 3.91. The van der Waals surface area contributed by atoms with Crippen molar-refractivity contribution < 1.29 is 13.2 Å². The van der Waals surface area contributed by atoms with Crippen molar-refractivity contribution in [2.24, 2.45) is 5.14 Å². The Hall–Kier alpha value is -1.20. The molecule has 2 N–H and O–H groups in total. The maximum absolute atomic E-state index is 10.8. The molecule has 0 aliphatic heterocycles. The molecule has 0 atom stereocenters. The molecule has 0 radical (unpaired) electrons. The third kappa shape index (κ3) is 8.59. The number of aryl methyl sites for hydroxylation is 3. The van der Waals surface area contributed by atoms with E-state index in [-0.39, 0.29) is 5.78 Å². The second-order valence-corrected chi connectivity index (χ2v) is 4.48. The van der Waals surface area contributed by atoms with E-state index >= 15 is 0 Å². The van der Waals surface area contributed by atoms with E-state index in [0.29, 0.717) is 6.42 Å². The fourth-order valence-corrected chi connectivity index (χ4v) is 1.28. The molecule has 0 spiro atoms. The summed E-state index contributed by atoms with van der Waals surface area (Å²) in [6.45, 7) is 5.84. The Bertz CT molecular complexity index is 445. The monoisotopic (exact) mass is 257 g/mol. The van der Waals surface area contributed by atoms with Gasteiger partial charge in [0.1, 0.15) is 5.78 Å². The number of nitrogens with two attached hydrogens (primary N) is 1. The van der Waals surface area contributed by atoms with Crippen LogP contribution in [0.5, 0.6) is 0 Å². The molecule has 1 aromatic rings. The first kappa shape index (κ1) is 15.8. The first-order valence-electron chi connectivity index (χ1n) is 5.27. The fourth-order valence-electron chi connectivity index (χ4n) is 1.28. The van der Waals surface area contributed by atoms with Crippen LogP contribution in [-0.2, 0) is 22.1 Å². The van der Waals surface area contributed by atoms with Crippen LogP contribution in [0.1, 0.15) is 30.0 Å². The van der Waals surface area contributed by atoms with Crippen molar-refractivity contribution >= 4 is 16.7 Å². The Labute approximate surface area is 104 Å². The quantitative estimate of drug-likeness (QED) is 0.801. The molecule has 0 aromatic heterocycles. The number of thiol groups is 1. The smallest absolute Gasteiger partial charge is 0.198 e. The second kappa shape index (κ2) is 7.97. The number of benzene rings is 1. The zero-order valence-corrected chi connectivity index (χ0v) is 11.3. The number of Topliss-reactive ketones (excluding diaryl/α,β-unsaturated/α-hetero) is 1. The van der Waals surface area contributed by atoms with Crippen molar-refractivity contribution in [3.63, 3.8) is 0 Å². The van der Waals surface area contributed by atoms with Crippen LogP contribution < -0.4 is 5.14 Å². The van der Waals surface area contributed by atoms with Crippen molar-refractivity contribution in [2.45, 2.75) is 33.6 Å². The van der Waals surface area contributed by atoms with E-state index in [1.807, 2.05) is 0 Å². The molecule has 0 saturated heterocycles. The lowest BCUT2D eigenvalue weighted by Crippen LogP contribution is -1.94. The highest BCUT2D eigenvalue weighted by Gasteiger charge is 1.98. The van der Waals surface area contributed by atoms with Gasteiger partial charge >= 0.3 is 0 Å². The Morgan fingerprint density at radius 1 is 1.24 bits per heavy atom. The molecule has 1 rings (SSSR count). The van der Waals surface area contributed by atoms with Crippen molar-refractivity contribution in [3.05, 3.63) is 34.9 Å². The Morgan fingerprint density at radius 3 is 2.18 bits per heavy atom. The third-order valence-electron chi connectivity index (χ3n) is 2.34. The number of hydrogen-bond donors (Lipinski definition) is 2. The minimum Gasteiger partial charge on any atom is -0.300 e. The zero-order chi connectivity index (χ0) is 13.4. The molecule has 5 heteroatoms. The molecule has 0 amide bonds. The topological polar surface area (TPSA) is 77.2 Å². The summed E-state index contributed by atoms with van der Waals surface area (Å²) < 4.78 is 17.6. The normalized spacial score (nSPS) is 9.71. The van der Waals surface area contributed by atoms with Gasteiger partial charge in [-0.2, -0.15) is 0 Å². The van der Waals surface area contributed by atoms with Gasteiger partial charge in [0.15, 0.2) is 10.9 Å². The van der Waals surface area contributed by atoms with Crippen molar-refractivity contribution in [1.82, 2.24) is 0 Å². The van der Waals surface area contributed by atoms with Crippen LogP contribution in [0.15, 0.2) is 18.2 Å². The van der Waals surface area contributed by atoms with E-state index in [2.05, 4.69) is 37.2 Å². The molecule has 0 aliphatic carbocycles. The minimum atomic E-state index is -2.62. The predicted molar refractivity (Wildman–Crippen MR) is 69.4 cm³/mol. The van der Waals surface area contributed by atoms with E-state index in [4.69, 9.17) is 8.42 Å². The predicted octanol–water partition coefficient (Wildman–Crippen LogP) is 1.30. The molecule has 4 nitrogen and oxygen atoms in total. The Kier molecular flexibility index (Phi) is 7.41. The van der Waals surface area contributed by atoms with Crippen LogP contribution in [0.3, 0.4) is 0 Å². The number of ketones is 1. The lowest BCUT2D eigenvalue weighted by molar-refractivity contribution is -0.116. The van der Waals surface area contributed by atoms with E-state index in [1.54, 1.807) is 6.92 Å². The van der Waals surface area contributed by atoms with E-state index in [1.165, 1.54) is 16.7 Å². The summed E-state index contributed by atoms with van der Waals surface area (Å²) >= 11 is 0. The van der Waals surface area contributed by atoms with Crippen molar-refractivity contribution in [3.8, 4) is 0 Å². The van der Waals surface area contributed by atoms with Crippen LogP contribution >= 0.6 is 0 Å². The molecular formula is C12H19NO3S. The van der Waals surface area contributed by atoms with Crippen LogP contribution in [0.25, 0.3) is 0 Å². The van der Waals surface area contributed by atoms with Gasteiger partial charge in [0.2, 0.25) is 0 Å². The lowest BCUT2D eigenvalue weighted by Gasteiger charge is -2.03. The molecule has 0 heterocycles. The average molecular weight is 257 g/mol. The summed E-state index contributed by atoms with van der Waals surface area (Å²) in [6.07, 6.45) is 1.53. The number of hydrogen-bond acceptors (Lipinski definition) is 3. The standard InChI is InChI=1S/C12H16O.H3NO2S/c1-9-4-6-12(8-10(9)2)7-5-11(3)13;1-4(2)3/h4,6,8H,5,7H2,1-3H3;4H,(H2,1,2,3). The Balaban J connectivity index is 0.000000557. The summed E-state index contributed by atoms with van der Waals surface area (Å²) in [5, 5.41) is 4.06. The molecule has 0 fully saturated rings. The highest BCUT2D eigenvalue weighted by molar-refractivity contribution is 7.69. The van der Waals surface area contributed by atoms with Gasteiger partial charge in [0.05, 0.1) is 0 Å². The van der Waals surface area contributed by atoms with E-state index in [0.717, 1.165) is 6.42 Å². The van der Waals surface area contributed by atoms with E-state index < -0.39 is 10.9 Å². The maximum Gasteiger partial charge on any atom is 0.198 e. The molecule has 0 bridgehead atoms. The first-order chi connectivity index (χ1) is 7.82. The largest absolute Gasteiger partial charge is 0.300 e. The summed E-state index contributed by atoms with van der Waals surface area (Å²) in [5.41, 5.74) is 3.88. The van der Waals surface area contributed by atoms with Crippen LogP contribution in [0.2, 0.25) is 0 Å². The summed E-state index contributed by atoms with van der Waals surface area (Å²) in [5.74, 6) is 0.262. The molecular weight excluding hydrogens is 238 g/mol. The number of rotatable bonds is 3. The highest BCUT2D eigenvalue weighted by atomic mass is 32.2. The summed E-state index contributed by atoms with van der Waals surface area (Å²) in [4.78, 5) is 10.8. The van der Waals surface area contributed by atoms with Crippen LogP contribution in [0.4, 0.5) is 0 Å². The average Bonchev–Trinajstić information content (AvgIpc) is 2.19. The third-order valence-corrected chi connectivity index (χ3v) is 2.34. The molecule has 0 aliphatic rings. The molecule has 17 heavy (non-hydrogen) atoms. The Morgan fingerprint density at radius 2 is 1.76 bits per heavy atom. The van der Waals surface area contributed by atoms with Gasteiger partial charge in [0.25, 0.3) is 0 Å². The van der Waals surface area contributed by atoms with Crippen molar-refractivity contribution in [2.75, 3.05) is 0 Å². The van der Waals surface area contributed by atoms with Gasteiger partial charge in [-0.25, -0.2) is 13.6 Å². The van der Waals surface area contributed by atoms with Crippen LogP contribution in [-0.4, -0.2) is 14.2 Å². The van der Waals surface area contributed by atoms with Gasteiger partial charge in [-0.3, -0.25) is 0 Å². The van der Waals surface area contributed by atoms with Gasteiger partial charge < -0.3 is 4.79 Å². The zero-order valence-electron chi connectivity index (χ0n) is 10.4. The van der Waals surface area contributed by atoms with E-state index in [9.17, 15) is 4.79 Å². The summed E-state index contributed by atoms with van der Waals surface area (Å²) in [6, 6.07) is 6.38. The minimum absolute atomic E-state index is 0.262. The molecule has 0 unspecified atom stereocenters. The first-order valence-corrected chi connectivity index (χ1v) is 6.52. The maximum atomic E-state index is 10.8. The molecule has 1 aromatic carbocycles. The van der Waals surface area contributed by atoms with Gasteiger partial charge in [-0.15, -0.1) is 0 Å². The SMILES string of the molecule is CC(=O)CCc1ccc(C)c(C)c1.N[SH](=O)=O. The van der Waals surface area contributed by atoms with Crippen LogP contribution in [0, 0.1) is 13.8 Å². The number of carbonyl (C=O) groups excluding carboxylic acids is 1. The highest BCUT2D eigenvalue weighted by Crippen LogP contribution is 2.11. The van der Waals surface area contributed by atoms with Crippen molar-refractivity contribution in [1.29, 1.82) is 0 Å². The number of carbonyl (C=O) groups is 1. The molecule has 96 valence electrons. The fraction of sp³-hybridized carbons (Fsp3) is 0.417. The van der Waals surface area contributed by atoms with Gasteiger partial charge in [0, 0.05) is 6.42 Å². The van der Waals surface area contributed by atoms with Gasteiger partial charge in [-0.1, -0.05) is 18.2 Å². The lowest BCUT2D eigenvalue weighted by atomic mass is 10.0. The summed E-state index contributed by atoms with van der Waals surface area (Å²) in [7, 11) is -2.62.